The minimum absolute atomic E-state index is 0.281. The molecule has 1 rings (SSSR count). The van der Waals surface area contributed by atoms with Crippen molar-refractivity contribution >= 4 is 28.2 Å². The molecule has 0 saturated carbocycles. The number of halogens is 1. The molecular formula is C13H15BrO4. The van der Waals surface area contributed by atoms with E-state index >= 15 is 0 Å². The van der Waals surface area contributed by atoms with Crippen LogP contribution in [0.25, 0.3) is 0 Å². The highest BCUT2D eigenvalue weighted by molar-refractivity contribution is 9.10. The van der Waals surface area contributed by atoms with Gasteiger partial charge in [-0.2, -0.15) is 0 Å². The zero-order valence-corrected chi connectivity index (χ0v) is 12.3. The van der Waals surface area contributed by atoms with Crippen molar-refractivity contribution in [1.82, 2.24) is 0 Å². The van der Waals surface area contributed by atoms with Crippen LogP contribution in [0.2, 0.25) is 0 Å². The quantitative estimate of drug-likeness (QED) is 0.488. The molecule has 98 valence electrons. The van der Waals surface area contributed by atoms with Crippen LogP contribution in [0.1, 0.15) is 31.1 Å². The Morgan fingerprint density at radius 3 is 2.39 bits per heavy atom. The minimum Gasteiger partial charge on any atom is -0.493 e. The number of hydrogen-bond donors (Lipinski definition) is 0. The van der Waals surface area contributed by atoms with Crippen LogP contribution >= 0.6 is 15.9 Å². The van der Waals surface area contributed by atoms with E-state index in [4.69, 9.17) is 9.47 Å². The second-order valence-corrected chi connectivity index (χ2v) is 5.65. The lowest BCUT2D eigenvalue weighted by Crippen LogP contribution is -2.25. The molecule has 0 saturated heterocycles. The fourth-order valence-electron chi connectivity index (χ4n) is 1.15. The van der Waals surface area contributed by atoms with Gasteiger partial charge in [-0.15, -0.1) is 0 Å². The molecule has 0 aliphatic heterocycles. The standard InChI is InChI=1S/C13H15BrO4/c1-13(2,3)12(16)18-11-9(14)5-8(7-15)6-10(11)17-4/h5-7H,1-4H3. The summed E-state index contributed by atoms with van der Waals surface area (Å²) < 4.78 is 10.9. The van der Waals surface area contributed by atoms with Crippen molar-refractivity contribution in [1.29, 1.82) is 0 Å². The number of ether oxygens (including phenoxy) is 2. The molecule has 0 unspecified atom stereocenters. The first-order valence-corrected chi connectivity index (χ1v) is 6.14. The average Bonchev–Trinajstić information content (AvgIpc) is 2.29. The molecular weight excluding hydrogens is 300 g/mol. The second kappa shape index (κ2) is 5.52. The first-order valence-electron chi connectivity index (χ1n) is 5.34. The smallest absolute Gasteiger partial charge is 0.316 e. The summed E-state index contributed by atoms with van der Waals surface area (Å²) >= 11 is 3.26. The highest BCUT2D eigenvalue weighted by Crippen LogP contribution is 2.37. The van der Waals surface area contributed by atoms with Gasteiger partial charge in [-0.1, -0.05) is 0 Å². The summed E-state index contributed by atoms with van der Waals surface area (Å²) in [5.74, 6) is 0.243. The maximum absolute atomic E-state index is 11.8. The van der Waals surface area contributed by atoms with E-state index in [-0.39, 0.29) is 11.7 Å². The van der Waals surface area contributed by atoms with Crippen molar-refractivity contribution in [2.75, 3.05) is 7.11 Å². The second-order valence-electron chi connectivity index (χ2n) is 4.79. The fourth-order valence-corrected chi connectivity index (χ4v) is 1.69. The molecule has 0 heterocycles. The topological polar surface area (TPSA) is 52.6 Å². The SMILES string of the molecule is COc1cc(C=O)cc(Br)c1OC(=O)C(C)(C)C. The summed E-state index contributed by atoms with van der Waals surface area (Å²) in [7, 11) is 1.45. The molecule has 1 aromatic rings. The molecule has 0 bridgehead atoms. The molecule has 0 spiro atoms. The summed E-state index contributed by atoms with van der Waals surface area (Å²) in [6.07, 6.45) is 0.697. The number of benzene rings is 1. The number of hydrogen-bond acceptors (Lipinski definition) is 4. The summed E-state index contributed by atoms with van der Waals surface area (Å²) in [5.41, 5.74) is -0.178. The molecule has 0 atom stereocenters. The van der Waals surface area contributed by atoms with Crippen LogP contribution in [0.3, 0.4) is 0 Å². The predicted molar refractivity (Wildman–Crippen MR) is 71.2 cm³/mol. The number of carbonyl (C=O) groups is 2. The Hall–Kier alpha value is -1.36. The Labute approximate surface area is 114 Å². The van der Waals surface area contributed by atoms with Crippen molar-refractivity contribution < 1.29 is 19.1 Å². The van der Waals surface area contributed by atoms with Gasteiger partial charge in [0, 0.05) is 5.56 Å². The van der Waals surface area contributed by atoms with Gasteiger partial charge < -0.3 is 9.47 Å². The molecule has 0 N–H and O–H groups in total. The predicted octanol–water partition coefficient (Wildman–Crippen LogP) is 3.22. The van der Waals surface area contributed by atoms with E-state index in [9.17, 15) is 9.59 Å². The monoisotopic (exact) mass is 314 g/mol. The third-order valence-electron chi connectivity index (χ3n) is 2.19. The molecule has 0 radical (unpaired) electrons. The van der Waals surface area contributed by atoms with Gasteiger partial charge in [0.15, 0.2) is 11.5 Å². The van der Waals surface area contributed by atoms with Gasteiger partial charge in [0.25, 0.3) is 0 Å². The highest BCUT2D eigenvalue weighted by Gasteiger charge is 2.26. The van der Waals surface area contributed by atoms with E-state index in [0.717, 1.165) is 0 Å². The van der Waals surface area contributed by atoms with Gasteiger partial charge in [0.05, 0.1) is 17.0 Å². The Balaban J connectivity index is 3.16. The maximum Gasteiger partial charge on any atom is 0.316 e. The molecule has 0 amide bonds. The van der Waals surface area contributed by atoms with Gasteiger partial charge in [0.2, 0.25) is 0 Å². The third-order valence-corrected chi connectivity index (χ3v) is 2.78. The van der Waals surface area contributed by atoms with Crippen LogP contribution in [0.4, 0.5) is 0 Å². The van der Waals surface area contributed by atoms with Crippen LogP contribution in [-0.4, -0.2) is 19.4 Å². The minimum atomic E-state index is -0.617. The largest absolute Gasteiger partial charge is 0.493 e. The van der Waals surface area contributed by atoms with E-state index in [1.165, 1.54) is 13.2 Å². The Bertz CT molecular complexity index is 475. The van der Waals surface area contributed by atoms with Crippen LogP contribution in [-0.2, 0) is 4.79 Å². The maximum atomic E-state index is 11.8. The van der Waals surface area contributed by atoms with E-state index < -0.39 is 5.41 Å². The Morgan fingerprint density at radius 1 is 1.33 bits per heavy atom. The van der Waals surface area contributed by atoms with Gasteiger partial charge in [-0.3, -0.25) is 9.59 Å². The Kier molecular flexibility index (Phi) is 4.51. The third kappa shape index (κ3) is 3.32. The zero-order chi connectivity index (χ0) is 13.9. The van der Waals surface area contributed by atoms with Crippen molar-refractivity contribution in [2.45, 2.75) is 20.8 Å². The Morgan fingerprint density at radius 2 is 1.94 bits per heavy atom. The van der Waals surface area contributed by atoms with Crippen LogP contribution in [0, 0.1) is 5.41 Å². The average molecular weight is 315 g/mol. The van der Waals surface area contributed by atoms with Crippen LogP contribution in [0.15, 0.2) is 16.6 Å². The highest BCUT2D eigenvalue weighted by atomic mass is 79.9. The molecule has 5 heteroatoms. The number of aldehydes is 1. The van der Waals surface area contributed by atoms with Gasteiger partial charge in [0.1, 0.15) is 6.29 Å². The summed E-state index contributed by atoms with van der Waals surface area (Å²) in [4.78, 5) is 22.6. The molecule has 0 aliphatic rings. The first kappa shape index (κ1) is 14.7. The molecule has 18 heavy (non-hydrogen) atoms. The summed E-state index contributed by atoms with van der Waals surface area (Å²) in [6.45, 7) is 5.28. The van der Waals surface area contributed by atoms with Gasteiger partial charge >= 0.3 is 5.97 Å². The first-order chi connectivity index (χ1) is 8.29. The molecule has 0 aromatic heterocycles. The normalized spacial score (nSPS) is 10.9. The van der Waals surface area contributed by atoms with E-state index in [1.54, 1.807) is 26.8 Å². The van der Waals surface area contributed by atoms with Gasteiger partial charge in [-0.25, -0.2) is 0 Å². The van der Waals surface area contributed by atoms with Gasteiger partial charge in [-0.05, 0) is 48.8 Å². The number of methoxy groups -OCH3 is 1. The number of rotatable bonds is 3. The van der Waals surface area contributed by atoms with Crippen LogP contribution < -0.4 is 9.47 Å². The lowest BCUT2D eigenvalue weighted by atomic mass is 9.97. The van der Waals surface area contributed by atoms with Crippen LogP contribution in [0.5, 0.6) is 11.5 Å². The van der Waals surface area contributed by atoms with E-state index in [0.29, 0.717) is 22.1 Å². The lowest BCUT2D eigenvalue weighted by molar-refractivity contribution is -0.143. The van der Waals surface area contributed by atoms with E-state index in [1.807, 2.05) is 0 Å². The molecule has 4 nitrogen and oxygen atoms in total. The van der Waals surface area contributed by atoms with Crippen molar-refractivity contribution in [3.8, 4) is 11.5 Å². The lowest BCUT2D eigenvalue weighted by Gasteiger charge is -2.18. The van der Waals surface area contributed by atoms with Crippen molar-refractivity contribution in [3.63, 3.8) is 0 Å². The van der Waals surface area contributed by atoms with E-state index in [2.05, 4.69) is 15.9 Å². The van der Waals surface area contributed by atoms with Crippen molar-refractivity contribution in [3.05, 3.63) is 22.2 Å². The summed E-state index contributed by atoms with van der Waals surface area (Å²) in [5, 5.41) is 0. The molecule has 0 fully saturated rings. The molecule has 1 aromatic carbocycles. The molecule has 0 aliphatic carbocycles. The zero-order valence-electron chi connectivity index (χ0n) is 10.7. The summed E-state index contributed by atoms with van der Waals surface area (Å²) in [6, 6.07) is 3.09. The number of esters is 1. The fraction of sp³-hybridized carbons (Fsp3) is 0.385. The number of carbonyl (C=O) groups excluding carboxylic acids is 2. The van der Waals surface area contributed by atoms with Crippen molar-refractivity contribution in [2.24, 2.45) is 5.41 Å².